The van der Waals surface area contributed by atoms with Gasteiger partial charge in [-0.15, -0.1) is 12.4 Å². The molecule has 0 saturated heterocycles. The predicted molar refractivity (Wildman–Crippen MR) is 83.9 cm³/mol. The number of halogens is 2. The number of carbonyl (C=O) groups excluding carboxylic acids is 1. The molecule has 0 aliphatic carbocycles. The lowest BCUT2D eigenvalue weighted by molar-refractivity contribution is 0.0948. The highest BCUT2D eigenvalue weighted by atomic mass is 35.5. The van der Waals surface area contributed by atoms with Gasteiger partial charge >= 0.3 is 0 Å². The quantitative estimate of drug-likeness (QED) is 0.757. The number of aromatic nitrogens is 2. The van der Waals surface area contributed by atoms with Crippen LogP contribution in [0.4, 0.5) is 0 Å². The fourth-order valence-electron chi connectivity index (χ4n) is 1.47. The molecular formula is C13H22Cl2N4O. The first-order valence-electron chi connectivity index (χ1n) is 6.57. The van der Waals surface area contributed by atoms with Crippen molar-refractivity contribution in [3.05, 3.63) is 22.7 Å². The van der Waals surface area contributed by atoms with Crippen molar-refractivity contribution in [2.45, 2.75) is 33.1 Å². The molecule has 0 aromatic carbocycles. The summed E-state index contributed by atoms with van der Waals surface area (Å²) in [7, 11) is 0. The Labute approximate surface area is 131 Å². The van der Waals surface area contributed by atoms with Gasteiger partial charge in [0.25, 0.3) is 5.91 Å². The summed E-state index contributed by atoms with van der Waals surface area (Å²) < 4.78 is 0. The fraction of sp³-hybridized carbons (Fsp3) is 0.615. The SMILES string of the molecule is CCCNCCNC(=O)c1nc(C(C)C)ncc1Cl.Cl. The van der Waals surface area contributed by atoms with Crippen LogP contribution in [0.1, 0.15) is 49.4 Å². The molecule has 7 heteroatoms. The third kappa shape index (κ3) is 6.03. The standard InChI is InChI=1S/C13H21ClN4O.ClH/c1-4-5-15-6-7-16-13(19)11-10(14)8-17-12(18-11)9(2)3;/h8-9,15H,4-7H2,1-3H3,(H,16,19);1H. The molecule has 1 aromatic rings. The number of nitrogens with zero attached hydrogens (tertiary/aromatic N) is 2. The minimum atomic E-state index is -0.257. The van der Waals surface area contributed by atoms with Gasteiger partial charge < -0.3 is 10.6 Å². The van der Waals surface area contributed by atoms with E-state index in [1.54, 1.807) is 0 Å². The molecule has 2 N–H and O–H groups in total. The van der Waals surface area contributed by atoms with E-state index >= 15 is 0 Å². The van der Waals surface area contributed by atoms with Crippen molar-refractivity contribution in [3.63, 3.8) is 0 Å². The third-order valence-electron chi connectivity index (χ3n) is 2.51. The molecule has 5 nitrogen and oxygen atoms in total. The van der Waals surface area contributed by atoms with Crippen LogP contribution in [-0.2, 0) is 0 Å². The summed E-state index contributed by atoms with van der Waals surface area (Å²) in [6.45, 7) is 8.27. The first-order chi connectivity index (χ1) is 9.06. The second-order valence-electron chi connectivity index (χ2n) is 4.59. The van der Waals surface area contributed by atoms with E-state index in [0.717, 1.165) is 19.5 Å². The van der Waals surface area contributed by atoms with Crippen molar-refractivity contribution in [1.29, 1.82) is 0 Å². The first kappa shape index (κ1) is 19.1. The van der Waals surface area contributed by atoms with E-state index in [1.165, 1.54) is 6.20 Å². The number of nitrogens with one attached hydrogen (secondary N) is 2. The molecule has 0 atom stereocenters. The van der Waals surface area contributed by atoms with Gasteiger partial charge in [0.2, 0.25) is 0 Å². The Bertz CT molecular complexity index is 427. The van der Waals surface area contributed by atoms with Gasteiger partial charge in [0, 0.05) is 19.0 Å². The zero-order valence-electron chi connectivity index (χ0n) is 12.1. The normalized spacial score (nSPS) is 10.2. The Morgan fingerprint density at radius 2 is 2.05 bits per heavy atom. The molecule has 0 spiro atoms. The molecule has 0 unspecified atom stereocenters. The van der Waals surface area contributed by atoms with Gasteiger partial charge in [0.1, 0.15) is 11.5 Å². The molecule has 1 aromatic heterocycles. The molecular weight excluding hydrogens is 299 g/mol. The van der Waals surface area contributed by atoms with Crippen LogP contribution >= 0.6 is 24.0 Å². The van der Waals surface area contributed by atoms with Gasteiger partial charge in [0.05, 0.1) is 11.2 Å². The van der Waals surface area contributed by atoms with Crippen LogP contribution in [-0.4, -0.2) is 35.5 Å². The third-order valence-corrected chi connectivity index (χ3v) is 2.78. The number of hydrogen-bond donors (Lipinski definition) is 2. The van der Waals surface area contributed by atoms with E-state index in [1.807, 2.05) is 13.8 Å². The maximum atomic E-state index is 12.0. The number of hydrogen-bond acceptors (Lipinski definition) is 4. The highest BCUT2D eigenvalue weighted by molar-refractivity contribution is 6.33. The zero-order valence-corrected chi connectivity index (χ0v) is 13.6. The zero-order chi connectivity index (χ0) is 14.3. The first-order valence-corrected chi connectivity index (χ1v) is 6.95. The van der Waals surface area contributed by atoms with Crippen LogP contribution in [0.3, 0.4) is 0 Å². The molecule has 20 heavy (non-hydrogen) atoms. The molecule has 1 heterocycles. The maximum Gasteiger partial charge on any atom is 0.271 e. The van der Waals surface area contributed by atoms with E-state index in [9.17, 15) is 4.79 Å². The Morgan fingerprint density at radius 1 is 1.35 bits per heavy atom. The molecule has 1 amide bonds. The summed E-state index contributed by atoms with van der Waals surface area (Å²) in [5, 5.41) is 6.28. The van der Waals surface area contributed by atoms with Crippen LogP contribution < -0.4 is 10.6 Å². The summed E-state index contributed by atoms with van der Waals surface area (Å²) in [4.78, 5) is 20.3. The summed E-state index contributed by atoms with van der Waals surface area (Å²) in [5.74, 6) is 0.529. The van der Waals surface area contributed by atoms with Crippen molar-refractivity contribution < 1.29 is 4.79 Å². The summed E-state index contributed by atoms with van der Waals surface area (Å²) in [6.07, 6.45) is 2.55. The molecule has 0 radical (unpaired) electrons. The monoisotopic (exact) mass is 320 g/mol. The van der Waals surface area contributed by atoms with Crippen LogP contribution in [0.2, 0.25) is 5.02 Å². The van der Waals surface area contributed by atoms with Gasteiger partial charge in [-0.05, 0) is 13.0 Å². The predicted octanol–water partition coefficient (Wildman–Crippen LogP) is 2.40. The van der Waals surface area contributed by atoms with Crippen LogP contribution in [0.15, 0.2) is 6.20 Å². The molecule has 114 valence electrons. The molecule has 0 aliphatic heterocycles. The molecule has 0 bridgehead atoms. The van der Waals surface area contributed by atoms with Gasteiger partial charge in [-0.25, -0.2) is 9.97 Å². The van der Waals surface area contributed by atoms with Crippen molar-refractivity contribution >= 4 is 29.9 Å². The van der Waals surface area contributed by atoms with Crippen molar-refractivity contribution in [2.24, 2.45) is 0 Å². The Kier molecular flexibility index (Phi) is 9.46. The van der Waals surface area contributed by atoms with Gasteiger partial charge in [-0.3, -0.25) is 4.79 Å². The Balaban J connectivity index is 0.00000361. The average Bonchev–Trinajstić information content (AvgIpc) is 2.38. The van der Waals surface area contributed by atoms with Crippen molar-refractivity contribution in [1.82, 2.24) is 20.6 Å². The number of rotatable bonds is 7. The van der Waals surface area contributed by atoms with E-state index in [4.69, 9.17) is 11.6 Å². The lowest BCUT2D eigenvalue weighted by Crippen LogP contribution is -2.33. The van der Waals surface area contributed by atoms with E-state index < -0.39 is 0 Å². The summed E-state index contributed by atoms with van der Waals surface area (Å²) in [5.41, 5.74) is 0.246. The highest BCUT2D eigenvalue weighted by Crippen LogP contribution is 2.15. The topological polar surface area (TPSA) is 66.9 Å². The van der Waals surface area contributed by atoms with E-state index in [-0.39, 0.29) is 34.9 Å². The van der Waals surface area contributed by atoms with Gasteiger partial charge in [-0.2, -0.15) is 0 Å². The average molecular weight is 321 g/mol. The minimum Gasteiger partial charge on any atom is -0.349 e. The highest BCUT2D eigenvalue weighted by Gasteiger charge is 2.14. The van der Waals surface area contributed by atoms with Crippen LogP contribution in [0.5, 0.6) is 0 Å². The minimum absolute atomic E-state index is 0. The van der Waals surface area contributed by atoms with Gasteiger partial charge in [0.15, 0.2) is 0 Å². The van der Waals surface area contributed by atoms with E-state index in [0.29, 0.717) is 12.4 Å². The Hall–Kier alpha value is -0.910. The van der Waals surface area contributed by atoms with Crippen molar-refractivity contribution in [2.75, 3.05) is 19.6 Å². The smallest absolute Gasteiger partial charge is 0.271 e. The number of carbonyl (C=O) groups is 1. The van der Waals surface area contributed by atoms with Crippen LogP contribution in [0, 0.1) is 0 Å². The summed E-state index contributed by atoms with van der Waals surface area (Å²) in [6, 6.07) is 0. The largest absolute Gasteiger partial charge is 0.349 e. The second-order valence-corrected chi connectivity index (χ2v) is 4.99. The maximum absolute atomic E-state index is 12.0. The van der Waals surface area contributed by atoms with Crippen LogP contribution in [0.25, 0.3) is 0 Å². The molecule has 0 saturated carbocycles. The lowest BCUT2D eigenvalue weighted by atomic mass is 10.2. The Morgan fingerprint density at radius 3 is 2.65 bits per heavy atom. The fourth-order valence-corrected chi connectivity index (χ4v) is 1.64. The molecule has 0 fully saturated rings. The number of amides is 1. The summed E-state index contributed by atoms with van der Waals surface area (Å²) >= 11 is 5.96. The van der Waals surface area contributed by atoms with E-state index in [2.05, 4.69) is 27.5 Å². The molecule has 1 rings (SSSR count). The molecule has 0 aliphatic rings. The lowest BCUT2D eigenvalue weighted by Gasteiger charge is -2.09. The second kappa shape index (κ2) is 9.91. The van der Waals surface area contributed by atoms with Gasteiger partial charge in [-0.1, -0.05) is 32.4 Å². The van der Waals surface area contributed by atoms with Crippen molar-refractivity contribution in [3.8, 4) is 0 Å².